The normalized spacial score (nSPS) is 9.94. The molecule has 0 unspecified atom stereocenters. The van der Waals surface area contributed by atoms with Crippen LogP contribution in [0.4, 0.5) is 10.1 Å². The highest BCUT2D eigenvalue weighted by atomic mass is 32.1. The first kappa shape index (κ1) is 14.4. The molecule has 0 radical (unpaired) electrons. The molecule has 1 rings (SSSR count). The van der Waals surface area contributed by atoms with Crippen LogP contribution >= 0.6 is 12.2 Å². The molecule has 1 amide bonds. The number of anilines is 1. The number of carbonyl (C=O) groups excluding carboxylic acids is 1. The molecule has 1 aromatic carbocycles. The van der Waals surface area contributed by atoms with Gasteiger partial charge in [0.05, 0.1) is 6.54 Å². The van der Waals surface area contributed by atoms with Crippen LogP contribution in [0, 0.1) is 5.82 Å². The Balaban J connectivity index is 2.79. The van der Waals surface area contributed by atoms with Gasteiger partial charge in [-0.15, -0.1) is 0 Å². The number of nitrogens with one attached hydrogen (secondary N) is 1. The summed E-state index contributed by atoms with van der Waals surface area (Å²) < 4.78 is 13.1. The van der Waals surface area contributed by atoms with Crippen LogP contribution in [0.25, 0.3) is 0 Å². The average molecular weight is 269 g/mol. The highest BCUT2D eigenvalue weighted by Crippen LogP contribution is 2.16. The van der Waals surface area contributed by atoms with E-state index in [0.29, 0.717) is 17.8 Å². The highest BCUT2D eigenvalue weighted by Gasteiger charge is 2.10. The molecule has 0 heterocycles. The molecule has 1 aromatic rings. The largest absolute Gasteiger partial charge is 0.389 e. The molecule has 4 nitrogen and oxygen atoms in total. The molecule has 0 aliphatic carbocycles. The van der Waals surface area contributed by atoms with E-state index in [-0.39, 0.29) is 17.4 Å². The molecule has 0 aliphatic heterocycles. The van der Waals surface area contributed by atoms with Gasteiger partial charge in [-0.3, -0.25) is 4.79 Å². The zero-order valence-corrected chi connectivity index (χ0v) is 11.2. The van der Waals surface area contributed by atoms with Crippen molar-refractivity contribution in [2.75, 3.05) is 25.5 Å². The van der Waals surface area contributed by atoms with E-state index in [1.165, 1.54) is 18.2 Å². The van der Waals surface area contributed by atoms with Gasteiger partial charge in [-0.1, -0.05) is 12.2 Å². The molecular formula is C12H16FN3OS. The standard InChI is InChI=1S/C12H16FN3OS/c1-3-16(2)11(17)7-15-10-5-4-8(13)6-9(10)12(14)18/h4-6,15H,3,7H2,1-2H3,(H2,14,18). The zero-order valence-electron chi connectivity index (χ0n) is 10.4. The molecule has 0 bridgehead atoms. The number of hydrogen-bond donors (Lipinski definition) is 2. The van der Waals surface area contributed by atoms with Gasteiger partial charge in [0.25, 0.3) is 0 Å². The highest BCUT2D eigenvalue weighted by molar-refractivity contribution is 7.80. The number of likely N-dealkylation sites (N-methyl/N-ethyl adjacent to an activating group) is 1. The smallest absolute Gasteiger partial charge is 0.241 e. The SMILES string of the molecule is CCN(C)C(=O)CNc1ccc(F)cc1C(N)=S. The molecule has 0 aliphatic rings. The van der Waals surface area contributed by atoms with Gasteiger partial charge >= 0.3 is 0 Å². The van der Waals surface area contributed by atoms with E-state index in [9.17, 15) is 9.18 Å². The second-order valence-electron chi connectivity index (χ2n) is 3.82. The number of benzene rings is 1. The predicted molar refractivity (Wildman–Crippen MR) is 74.1 cm³/mol. The molecule has 0 spiro atoms. The lowest BCUT2D eigenvalue weighted by atomic mass is 10.1. The van der Waals surface area contributed by atoms with Gasteiger partial charge in [0.2, 0.25) is 5.91 Å². The number of carbonyl (C=O) groups is 1. The van der Waals surface area contributed by atoms with Crippen molar-refractivity contribution in [3.63, 3.8) is 0 Å². The first-order chi connectivity index (χ1) is 8.45. The summed E-state index contributed by atoms with van der Waals surface area (Å²) in [6.07, 6.45) is 0. The van der Waals surface area contributed by atoms with E-state index < -0.39 is 5.82 Å². The third kappa shape index (κ3) is 3.66. The average Bonchev–Trinajstić information content (AvgIpc) is 2.35. The minimum absolute atomic E-state index is 0.0595. The third-order valence-corrected chi connectivity index (χ3v) is 2.80. The molecule has 3 N–H and O–H groups in total. The summed E-state index contributed by atoms with van der Waals surface area (Å²) in [5.74, 6) is -0.476. The predicted octanol–water partition coefficient (Wildman–Crippen LogP) is 1.35. The maximum absolute atomic E-state index is 13.1. The number of nitrogens with two attached hydrogens (primary N) is 1. The number of hydrogen-bond acceptors (Lipinski definition) is 3. The Morgan fingerprint density at radius 3 is 2.78 bits per heavy atom. The fraction of sp³-hybridized carbons (Fsp3) is 0.333. The van der Waals surface area contributed by atoms with Gasteiger partial charge < -0.3 is 16.0 Å². The molecule has 0 atom stereocenters. The lowest BCUT2D eigenvalue weighted by Gasteiger charge is -2.16. The van der Waals surface area contributed by atoms with Crippen LogP contribution in [0.1, 0.15) is 12.5 Å². The van der Waals surface area contributed by atoms with Crippen molar-refractivity contribution in [2.24, 2.45) is 5.73 Å². The number of amides is 1. The lowest BCUT2D eigenvalue weighted by molar-refractivity contribution is -0.127. The lowest BCUT2D eigenvalue weighted by Crippen LogP contribution is -2.32. The first-order valence-electron chi connectivity index (χ1n) is 5.53. The molecule has 98 valence electrons. The quantitative estimate of drug-likeness (QED) is 0.792. The maximum atomic E-state index is 13.1. The molecule has 0 fully saturated rings. The molecular weight excluding hydrogens is 253 g/mol. The summed E-state index contributed by atoms with van der Waals surface area (Å²) in [7, 11) is 1.71. The number of thiocarbonyl (C=S) groups is 1. The monoisotopic (exact) mass is 269 g/mol. The van der Waals surface area contributed by atoms with Crippen LogP contribution in [0.15, 0.2) is 18.2 Å². The third-order valence-electron chi connectivity index (χ3n) is 2.58. The minimum Gasteiger partial charge on any atom is -0.389 e. The van der Waals surface area contributed by atoms with Crippen molar-refractivity contribution in [2.45, 2.75) is 6.92 Å². The fourth-order valence-corrected chi connectivity index (χ4v) is 1.53. The van der Waals surface area contributed by atoms with Crippen LogP contribution in [-0.4, -0.2) is 35.9 Å². The minimum atomic E-state index is -0.416. The van der Waals surface area contributed by atoms with Gasteiger partial charge in [-0.2, -0.15) is 0 Å². The van der Waals surface area contributed by atoms with Crippen molar-refractivity contribution in [3.05, 3.63) is 29.6 Å². The van der Waals surface area contributed by atoms with Gasteiger partial charge in [-0.25, -0.2) is 4.39 Å². The Bertz CT molecular complexity index is 465. The second kappa shape index (κ2) is 6.30. The first-order valence-corrected chi connectivity index (χ1v) is 5.93. The maximum Gasteiger partial charge on any atom is 0.241 e. The summed E-state index contributed by atoms with van der Waals surface area (Å²) in [6, 6.07) is 4.06. The van der Waals surface area contributed by atoms with Crippen LogP contribution in [0.2, 0.25) is 0 Å². The van der Waals surface area contributed by atoms with E-state index in [2.05, 4.69) is 5.32 Å². The van der Waals surface area contributed by atoms with Crippen LogP contribution in [-0.2, 0) is 4.79 Å². The van der Waals surface area contributed by atoms with Crippen LogP contribution < -0.4 is 11.1 Å². The van der Waals surface area contributed by atoms with Crippen molar-refractivity contribution in [1.82, 2.24) is 4.90 Å². The number of nitrogens with zero attached hydrogens (tertiary/aromatic N) is 1. The number of rotatable bonds is 5. The fourth-order valence-electron chi connectivity index (χ4n) is 1.36. The molecule has 0 aromatic heterocycles. The van der Waals surface area contributed by atoms with Gasteiger partial charge in [0.15, 0.2) is 0 Å². The van der Waals surface area contributed by atoms with Gasteiger partial charge in [-0.05, 0) is 25.1 Å². The van der Waals surface area contributed by atoms with E-state index in [1.807, 2.05) is 6.92 Å². The van der Waals surface area contributed by atoms with Crippen molar-refractivity contribution < 1.29 is 9.18 Å². The van der Waals surface area contributed by atoms with Gasteiger partial charge in [0, 0.05) is 24.8 Å². The van der Waals surface area contributed by atoms with Crippen molar-refractivity contribution >= 4 is 28.8 Å². The number of halogens is 1. The van der Waals surface area contributed by atoms with E-state index in [4.69, 9.17) is 18.0 Å². The summed E-state index contributed by atoms with van der Waals surface area (Å²) in [4.78, 5) is 13.3. The molecule has 0 saturated carbocycles. The molecule has 0 saturated heterocycles. The van der Waals surface area contributed by atoms with E-state index in [0.717, 1.165) is 0 Å². The summed E-state index contributed by atoms with van der Waals surface area (Å²) >= 11 is 4.84. The zero-order chi connectivity index (χ0) is 13.7. The van der Waals surface area contributed by atoms with Gasteiger partial charge in [0.1, 0.15) is 10.8 Å². The Morgan fingerprint density at radius 1 is 1.56 bits per heavy atom. The Morgan fingerprint density at radius 2 is 2.22 bits per heavy atom. The van der Waals surface area contributed by atoms with E-state index >= 15 is 0 Å². The summed E-state index contributed by atoms with van der Waals surface area (Å²) in [5, 5.41) is 2.91. The Kier molecular flexibility index (Phi) is 5.03. The van der Waals surface area contributed by atoms with Crippen molar-refractivity contribution in [3.8, 4) is 0 Å². The summed E-state index contributed by atoms with van der Waals surface area (Å²) in [6.45, 7) is 2.63. The second-order valence-corrected chi connectivity index (χ2v) is 4.26. The van der Waals surface area contributed by atoms with Crippen LogP contribution in [0.5, 0.6) is 0 Å². The topological polar surface area (TPSA) is 58.4 Å². The van der Waals surface area contributed by atoms with Crippen molar-refractivity contribution in [1.29, 1.82) is 0 Å². The van der Waals surface area contributed by atoms with E-state index in [1.54, 1.807) is 11.9 Å². The summed E-state index contributed by atoms with van der Waals surface area (Å²) in [5.41, 5.74) is 6.46. The molecule has 6 heteroatoms. The Labute approximate surface area is 111 Å². The molecule has 18 heavy (non-hydrogen) atoms. The Hall–Kier alpha value is -1.69. The van der Waals surface area contributed by atoms with Crippen LogP contribution in [0.3, 0.4) is 0 Å².